The molecule has 0 spiro atoms. The van der Waals surface area contributed by atoms with Crippen molar-refractivity contribution in [2.75, 3.05) is 56.6 Å². The number of morpholine rings is 1. The first-order valence-electron chi connectivity index (χ1n) is 9.50. The van der Waals surface area contributed by atoms with Gasteiger partial charge in [-0.1, -0.05) is 36.4 Å². The van der Waals surface area contributed by atoms with Crippen molar-refractivity contribution < 1.29 is 4.74 Å². The van der Waals surface area contributed by atoms with Crippen LogP contribution in [0.3, 0.4) is 0 Å². The second kappa shape index (κ2) is 10.7. The number of hydrogen-bond acceptors (Lipinski definition) is 4. The molecule has 1 saturated heterocycles. The molecule has 1 aromatic carbocycles. The van der Waals surface area contributed by atoms with E-state index in [0.717, 1.165) is 45.9 Å². The highest BCUT2D eigenvalue weighted by molar-refractivity contribution is 8.03. The molecule has 0 saturated carbocycles. The van der Waals surface area contributed by atoms with E-state index in [4.69, 9.17) is 4.74 Å². The van der Waals surface area contributed by atoms with Gasteiger partial charge in [-0.15, -0.1) is 11.8 Å². The molecular weight excluding hydrogens is 328 g/mol. The number of para-hydroxylation sites is 1. The minimum Gasteiger partial charge on any atom is -0.379 e. The van der Waals surface area contributed by atoms with Gasteiger partial charge in [0.15, 0.2) is 0 Å². The first-order chi connectivity index (χ1) is 12.4. The molecule has 1 aromatic rings. The van der Waals surface area contributed by atoms with E-state index >= 15 is 0 Å². The maximum atomic E-state index is 5.46. The monoisotopic (exact) mass is 358 g/mol. The Bertz CT molecular complexity index is 552. The summed E-state index contributed by atoms with van der Waals surface area (Å²) >= 11 is 2.04. The maximum Gasteiger partial charge on any atom is 0.0594 e. The molecule has 4 heteroatoms. The maximum absolute atomic E-state index is 5.46. The van der Waals surface area contributed by atoms with E-state index in [2.05, 4.69) is 58.4 Å². The number of thioether (sulfide) groups is 1. The van der Waals surface area contributed by atoms with E-state index in [1.54, 1.807) is 4.91 Å². The summed E-state index contributed by atoms with van der Waals surface area (Å²) in [6.07, 6.45) is 10.4. The van der Waals surface area contributed by atoms with E-state index in [9.17, 15) is 0 Å². The van der Waals surface area contributed by atoms with Crippen molar-refractivity contribution in [3.63, 3.8) is 0 Å². The lowest BCUT2D eigenvalue weighted by Crippen LogP contribution is -2.41. The van der Waals surface area contributed by atoms with Crippen molar-refractivity contribution in [3.05, 3.63) is 53.5 Å². The summed E-state index contributed by atoms with van der Waals surface area (Å²) in [4.78, 5) is 6.61. The largest absolute Gasteiger partial charge is 0.379 e. The molecule has 0 unspecified atom stereocenters. The Hall–Kier alpha value is -1.23. The van der Waals surface area contributed by atoms with Crippen molar-refractivity contribution in [3.8, 4) is 0 Å². The van der Waals surface area contributed by atoms with Crippen molar-refractivity contribution in [1.82, 2.24) is 4.90 Å². The Morgan fingerprint density at radius 3 is 2.68 bits per heavy atom. The lowest BCUT2D eigenvalue weighted by molar-refractivity contribution is 0.0392. The number of rotatable bonds is 9. The normalized spacial score (nSPS) is 18.2. The summed E-state index contributed by atoms with van der Waals surface area (Å²) in [5, 5.41) is 0. The molecule has 1 aliphatic heterocycles. The smallest absolute Gasteiger partial charge is 0.0594 e. The molecule has 1 fully saturated rings. The number of hydrogen-bond donors (Lipinski definition) is 0. The zero-order valence-corrected chi connectivity index (χ0v) is 15.9. The molecule has 1 heterocycles. The Morgan fingerprint density at radius 2 is 1.92 bits per heavy atom. The van der Waals surface area contributed by atoms with Crippen LogP contribution in [0.4, 0.5) is 5.69 Å². The number of ether oxygens (including phenoxy) is 1. The topological polar surface area (TPSA) is 15.7 Å². The summed E-state index contributed by atoms with van der Waals surface area (Å²) in [5.41, 5.74) is 1.35. The molecule has 2 aliphatic rings. The Balaban J connectivity index is 1.46. The highest BCUT2D eigenvalue weighted by Crippen LogP contribution is 2.25. The highest BCUT2D eigenvalue weighted by atomic mass is 32.2. The fourth-order valence-electron chi connectivity index (χ4n) is 3.26. The third kappa shape index (κ3) is 6.53. The average Bonchev–Trinajstić information content (AvgIpc) is 2.70. The van der Waals surface area contributed by atoms with Gasteiger partial charge in [0, 0.05) is 38.4 Å². The molecule has 0 radical (unpaired) electrons. The van der Waals surface area contributed by atoms with Gasteiger partial charge in [-0.3, -0.25) is 4.90 Å². The molecule has 136 valence electrons. The van der Waals surface area contributed by atoms with Crippen molar-refractivity contribution in [2.24, 2.45) is 0 Å². The van der Waals surface area contributed by atoms with Gasteiger partial charge in [0.05, 0.1) is 13.2 Å². The van der Waals surface area contributed by atoms with Crippen LogP contribution in [0.2, 0.25) is 0 Å². The van der Waals surface area contributed by atoms with E-state index in [1.807, 2.05) is 11.8 Å². The number of nitrogens with zero attached hydrogens (tertiary/aromatic N) is 2. The van der Waals surface area contributed by atoms with Crippen LogP contribution < -0.4 is 4.90 Å². The fraction of sp³-hybridized carbons (Fsp3) is 0.524. The Labute approximate surface area is 156 Å². The van der Waals surface area contributed by atoms with Gasteiger partial charge >= 0.3 is 0 Å². The molecular formula is C21H30N2OS. The second-order valence-electron chi connectivity index (χ2n) is 6.58. The molecule has 0 aromatic heterocycles. The van der Waals surface area contributed by atoms with Gasteiger partial charge in [-0.25, -0.2) is 0 Å². The van der Waals surface area contributed by atoms with Gasteiger partial charge in [0.25, 0.3) is 0 Å². The lowest BCUT2D eigenvalue weighted by Gasteiger charge is -2.31. The molecule has 3 nitrogen and oxygen atoms in total. The van der Waals surface area contributed by atoms with Crippen LogP contribution in [0, 0.1) is 0 Å². The van der Waals surface area contributed by atoms with Crippen LogP contribution in [0.15, 0.2) is 53.5 Å². The Morgan fingerprint density at radius 1 is 1.08 bits per heavy atom. The molecule has 0 atom stereocenters. The van der Waals surface area contributed by atoms with Gasteiger partial charge in [-0.2, -0.15) is 0 Å². The zero-order valence-electron chi connectivity index (χ0n) is 15.1. The zero-order chi connectivity index (χ0) is 17.2. The third-order valence-corrected chi connectivity index (χ3v) is 5.95. The van der Waals surface area contributed by atoms with Gasteiger partial charge in [-0.05, 0) is 42.1 Å². The number of anilines is 1. The lowest BCUT2D eigenvalue weighted by atomic mass is 10.2. The van der Waals surface area contributed by atoms with Crippen LogP contribution in [0.5, 0.6) is 0 Å². The quantitative estimate of drug-likeness (QED) is 0.615. The minimum atomic E-state index is 0.880. The van der Waals surface area contributed by atoms with Crippen LogP contribution in [-0.2, 0) is 4.74 Å². The predicted molar refractivity (Wildman–Crippen MR) is 109 cm³/mol. The number of allylic oxidation sites excluding steroid dienone is 4. The van der Waals surface area contributed by atoms with Crippen LogP contribution in [0.25, 0.3) is 0 Å². The van der Waals surface area contributed by atoms with Crippen molar-refractivity contribution in [2.45, 2.75) is 19.3 Å². The summed E-state index contributed by atoms with van der Waals surface area (Å²) in [7, 11) is 0. The minimum absolute atomic E-state index is 0.880. The molecule has 3 rings (SSSR count). The van der Waals surface area contributed by atoms with Crippen LogP contribution >= 0.6 is 11.8 Å². The summed E-state index contributed by atoms with van der Waals surface area (Å²) < 4.78 is 5.46. The van der Waals surface area contributed by atoms with E-state index < -0.39 is 0 Å². The third-order valence-electron chi connectivity index (χ3n) is 4.75. The van der Waals surface area contributed by atoms with Gasteiger partial charge in [0.1, 0.15) is 0 Å². The first kappa shape index (κ1) is 18.6. The highest BCUT2D eigenvalue weighted by Gasteiger charge is 2.13. The molecule has 0 N–H and O–H groups in total. The summed E-state index contributed by atoms with van der Waals surface area (Å²) in [5.74, 6) is 1.21. The number of benzene rings is 1. The van der Waals surface area contributed by atoms with E-state index in [-0.39, 0.29) is 0 Å². The van der Waals surface area contributed by atoms with Crippen molar-refractivity contribution in [1.29, 1.82) is 0 Å². The average molecular weight is 359 g/mol. The molecule has 0 amide bonds. The van der Waals surface area contributed by atoms with Gasteiger partial charge < -0.3 is 9.64 Å². The summed E-state index contributed by atoms with van der Waals surface area (Å²) in [6.45, 7) is 7.25. The van der Waals surface area contributed by atoms with Gasteiger partial charge in [0.2, 0.25) is 0 Å². The molecule has 25 heavy (non-hydrogen) atoms. The SMILES string of the molecule is C1=CCCC(SCCCN(CCN2CCOCC2)c2ccccc2)=C1. The van der Waals surface area contributed by atoms with E-state index in [0.29, 0.717) is 0 Å². The summed E-state index contributed by atoms with van der Waals surface area (Å²) in [6, 6.07) is 10.9. The second-order valence-corrected chi connectivity index (χ2v) is 7.80. The Kier molecular flexibility index (Phi) is 7.94. The van der Waals surface area contributed by atoms with Crippen LogP contribution in [0.1, 0.15) is 19.3 Å². The van der Waals surface area contributed by atoms with Crippen molar-refractivity contribution >= 4 is 17.4 Å². The molecule has 1 aliphatic carbocycles. The fourth-order valence-corrected chi connectivity index (χ4v) is 4.23. The van der Waals surface area contributed by atoms with E-state index in [1.165, 1.54) is 30.7 Å². The standard InChI is InChI=1S/C21H30N2OS/c1-3-8-20(9-4-1)23(14-13-22-15-17-24-18-16-22)12-7-19-25-21-10-5-2-6-11-21/h1-5,8-10H,6-7,11-19H2. The predicted octanol–water partition coefficient (Wildman–Crippen LogP) is 4.18. The first-order valence-corrected chi connectivity index (χ1v) is 10.5. The van der Waals surface area contributed by atoms with Crippen LogP contribution in [-0.4, -0.2) is 56.6 Å². The molecule has 0 bridgehead atoms.